The summed E-state index contributed by atoms with van der Waals surface area (Å²) in [6.45, 7) is 1.77. The van der Waals surface area contributed by atoms with Gasteiger partial charge in [0.05, 0.1) is 5.25 Å². The molecule has 0 N–H and O–H groups in total. The van der Waals surface area contributed by atoms with E-state index in [1.165, 1.54) is 11.8 Å². The van der Waals surface area contributed by atoms with Gasteiger partial charge in [0.25, 0.3) is 0 Å². The number of sulfone groups is 1. The summed E-state index contributed by atoms with van der Waals surface area (Å²) in [4.78, 5) is 0. The van der Waals surface area contributed by atoms with E-state index in [9.17, 15) is 8.42 Å². The highest BCUT2D eigenvalue weighted by atomic mass is 79.9. The molecule has 0 aromatic rings. The third-order valence-electron chi connectivity index (χ3n) is 2.34. The molecule has 13 heavy (non-hydrogen) atoms. The second-order valence-electron chi connectivity index (χ2n) is 3.23. The Labute approximate surface area is 90.5 Å². The van der Waals surface area contributed by atoms with Gasteiger partial charge in [0.1, 0.15) is 4.58 Å². The molecule has 1 unspecified atom stereocenters. The highest BCUT2D eigenvalue weighted by molar-refractivity contribution is 9.11. The van der Waals surface area contributed by atoms with Gasteiger partial charge in [-0.25, -0.2) is 8.42 Å². The smallest absolute Gasteiger partial charge is 0.169 e. The minimum Gasteiger partial charge on any atom is -0.227 e. The van der Waals surface area contributed by atoms with Gasteiger partial charge in [0.2, 0.25) is 0 Å². The Balaban J connectivity index is 2.54. The summed E-state index contributed by atoms with van der Waals surface area (Å²) < 4.78 is 24.3. The van der Waals surface area contributed by atoms with E-state index < -0.39 is 9.84 Å². The number of rotatable bonds is 0. The van der Waals surface area contributed by atoms with E-state index in [1.807, 2.05) is 11.5 Å². The molecule has 0 amide bonds. The zero-order valence-electron chi connectivity index (χ0n) is 7.03. The molecule has 2 nitrogen and oxygen atoms in total. The predicted molar refractivity (Wildman–Crippen MR) is 59.5 cm³/mol. The number of allylic oxidation sites excluding steroid dienone is 2. The second-order valence-corrected chi connectivity index (χ2v) is 7.96. The van der Waals surface area contributed by atoms with Crippen LogP contribution in [0, 0.1) is 0 Å². The van der Waals surface area contributed by atoms with Gasteiger partial charge in [0.15, 0.2) is 9.84 Å². The van der Waals surface area contributed by atoms with Crippen LogP contribution in [-0.2, 0) is 9.84 Å². The van der Waals surface area contributed by atoms with Gasteiger partial charge in [-0.3, -0.25) is 0 Å². The molecule has 0 aliphatic carbocycles. The molecule has 2 atom stereocenters. The fraction of sp³-hybridized carbons (Fsp3) is 0.500. The molecule has 0 aromatic carbocycles. The Morgan fingerprint density at radius 1 is 1.62 bits per heavy atom. The third-order valence-corrected chi connectivity index (χ3v) is 7.20. The maximum atomic E-state index is 11.8. The summed E-state index contributed by atoms with van der Waals surface area (Å²) in [5.74, 6) is 0. The van der Waals surface area contributed by atoms with Gasteiger partial charge < -0.3 is 0 Å². The van der Waals surface area contributed by atoms with Crippen molar-refractivity contribution >= 4 is 37.5 Å². The van der Waals surface area contributed by atoms with Gasteiger partial charge in [-0.15, -0.1) is 11.8 Å². The van der Waals surface area contributed by atoms with Crippen LogP contribution in [0.15, 0.2) is 21.5 Å². The van der Waals surface area contributed by atoms with Crippen LogP contribution in [-0.4, -0.2) is 18.2 Å². The van der Waals surface area contributed by atoms with Gasteiger partial charge in [-0.05, 0) is 30.4 Å². The summed E-state index contributed by atoms with van der Waals surface area (Å²) >= 11 is 4.82. The first kappa shape index (κ1) is 9.80. The summed E-state index contributed by atoms with van der Waals surface area (Å²) in [6, 6.07) is 0. The molecular formula is C8H9BrO2S2. The predicted octanol–water partition coefficient (Wildman–Crippen LogP) is 2.43. The first-order valence-electron chi connectivity index (χ1n) is 3.96. The lowest BCUT2D eigenvalue weighted by atomic mass is 10.2. The van der Waals surface area contributed by atoms with Crippen molar-refractivity contribution in [1.29, 1.82) is 0 Å². The molecule has 0 spiro atoms. The number of fused-ring (bicyclic) bond motifs is 1. The monoisotopic (exact) mass is 280 g/mol. The molecule has 2 heterocycles. The van der Waals surface area contributed by atoms with Gasteiger partial charge in [-0.1, -0.05) is 15.9 Å². The van der Waals surface area contributed by atoms with Crippen LogP contribution in [0.3, 0.4) is 0 Å². The van der Waals surface area contributed by atoms with Crippen LogP contribution >= 0.6 is 27.7 Å². The molecule has 72 valence electrons. The molecule has 2 aliphatic heterocycles. The van der Waals surface area contributed by atoms with E-state index in [4.69, 9.17) is 0 Å². The van der Waals surface area contributed by atoms with Crippen molar-refractivity contribution in [3.63, 3.8) is 0 Å². The molecule has 2 aliphatic rings. The fourth-order valence-electron chi connectivity index (χ4n) is 1.51. The minimum absolute atomic E-state index is 0.261. The molecule has 0 fully saturated rings. The van der Waals surface area contributed by atoms with E-state index in [1.54, 1.807) is 6.92 Å². The van der Waals surface area contributed by atoms with Crippen molar-refractivity contribution in [2.24, 2.45) is 0 Å². The van der Waals surface area contributed by atoms with Gasteiger partial charge in [-0.2, -0.15) is 0 Å². The Morgan fingerprint density at radius 3 is 3.00 bits per heavy atom. The molecule has 0 radical (unpaired) electrons. The lowest BCUT2D eigenvalue weighted by Gasteiger charge is -2.25. The van der Waals surface area contributed by atoms with E-state index >= 15 is 0 Å². The highest BCUT2D eigenvalue weighted by Crippen LogP contribution is 2.44. The molecular weight excluding hydrogens is 272 g/mol. The standard InChI is InChI=1S/C8H9BrO2S2/c1-5-4-7(9)6-2-3-12-8(6)13(5,10)11/h2-3,5,8H,4H2,1H3/t5-,8?/m0/s1. The van der Waals surface area contributed by atoms with Crippen LogP contribution in [0.1, 0.15) is 13.3 Å². The SMILES string of the molecule is C[C@H]1CC(Br)=C2C=CSC2S1(=O)=O. The molecule has 5 heteroatoms. The summed E-state index contributed by atoms with van der Waals surface area (Å²) in [7, 11) is -2.96. The minimum atomic E-state index is -2.96. The van der Waals surface area contributed by atoms with Crippen LogP contribution in [0.25, 0.3) is 0 Å². The maximum absolute atomic E-state index is 11.8. The Morgan fingerprint density at radius 2 is 2.31 bits per heavy atom. The Hall–Kier alpha value is 0.260. The maximum Gasteiger partial charge on any atom is 0.169 e. The largest absolute Gasteiger partial charge is 0.227 e. The fourth-order valence-corrected chi connectivity index (χ4v) is 6.38. The molecule has 0 aromatic heterocycles. The number of hydrogen-bond acceptors (Lipinski definition) is 3. The first-order chi connectivity index (χ1) is 6.03. The Bertz CT molecular complexity index is 394. The van der Waals surface area contributed by atoms with Crippen molar-refractivity contribution in [3.8, 4) is 0 Å². The average Bonchev–Trinajstić information content (AvgIpc) is 2.49. The van der Waals surface area contributed by atoms with E-state index in [0.29, 0.717) is 6.42 Å². The van der Waals surface area contributed by atoms with E-state index in [0.717, 1.165) is 10.1 Å². The number of halogens is 1. The van der Waals surface area contributed by atoms with Crippen LogP contribution in [0.5, 0.6) is 0 Å². The van der Waals surface area contributed by atoms with Crippen molar-refractivity contribution in [3.05, 3.63) is 21.5 Å². The zero-order chi connectivity index (χ0) is 9.64. The van der Waals surface area contributed by atoms with Crippen molar-refractivity contribution < 1.29 is 8.42 Å². The topological polar surface area (TPSA) is 34.1 Å². The molecule has 2 rings (SSSR count). The normalized spacial score (nSPS) is 36.5. The molecule has 0 saturated carbocycles. The first-order valence-corrected chi connectivity index (χ1v) is 7.31. The Kier molecular flexibility index (Phi) is 2.37. The van der Waals surface area contributed by atoms with Crippen LogP contribution < -0.4 is 0 Å². The van der Waals surface area contributed by atoms with Crippen molar-refractivity contribution in [1.82, 2.24) is 0 Å². The molecule has 0 saturated heterocycles. The number of hydrogen-bond donors (Lipinski definition) is 0. The lowest BCUT2D eigenvalue weighted by Crippen LogP contribution is -2.32. The summed E-state index contributed by atoms with van der Waals surface area (Å²) in [5, 5.41) is 1.60. The summed E-state index contributed by atoms with van der Waals surface area (Å²) in [6.07, 6.45) is 2.50. The van der Waals surface area contributed by atoms with Gasteiger partial charge >= 0.3 is 0 Å². The quantitative estimate of drug-likeness (QED) is 0.684. The summed E-state index contributed by atoms with van der Waals surface area (Å²) in [5.41, 5.74) is 0.933. The second kappa shape index (κ2) is 3.14. The van der Waals surface area contributed by atoms with Gasteiger partial charge in [0, 0.05) is 4.48 Å². The van der Waals surface area contributed by atoms with Crippen LogP contribution in [0.4, 0.5) is 0 Å². The van der Waals surface area contributed by atoms with E-state index in [-0.39, 0.29) is 9.83 Å². The average molecular weight is 281 g/mol. The van der Waals surface area contributed by atoms with Crippen molar-refractivity contribution in [2.45, 2.75) is 23.2 Å². The molecule has 0 bridgehead atoms. The highest BCUT2D eigenvalue weighted by Gasteiger charge is 2.40. The third kappa shape index (κ3) is 1.41. The van der Waals surface area contributed by atoms with E-state index in [2.05, 4.69) is 15.9 Å². The number of thioether (sulfide) groups is 1. The lowest BCUT2D eigenvalue weighted by molar-refractivity contribution is 0.581. The zero-order valence-corrected chi connectivity index (χ0v) is 10.2. The van der Waals surface area contributed by atoms with Crippen LogP contribution in [0.2, 0.25) is 0 Å². The van der Waals surface area contributed by atoms with Crippen molar-refractivity contribution in [2.75, 3.05) is 0 Å².